The van der Waals surface area contributed by atoms with E-state index in [2.05, 4.69) is 9.26 Å². The molecule has 1 atom stereocenters. The van der Waals surface area contributed by atoms with E-state index in [1.165, 1.54) is 27.7 Å². The Bertz CT molecular complexity index is 354. The molecule has 0 amide bonds. The van der Waals surface area contributed by atoms with Gasteiger partial charge in [-0.2, -0.15) is 13.2 Å². The Balaban J connectivity index is 5.28. The highest BCUT2D eigenvalue weighted by molar-refractivity contribution is 7.48. The molecule has 20 heavy (non-hydrogen) atoms. The molecule has 0 unspecified atom stereocenters. The molecule has 0 N–H and O–H groups in total. The normalized spacial score (nSPS) is 14.7. The third kappa shape index (κ3) is 6.69. The molecule has 0 fully saturated rings. The standard InChI is InChI=1S/C10H18F3O6P/c1-6(2)17-20(15,18-7(3)4)19-8(9(14)16-5)10(11,12)13/h6-8H,1-5H3/t8-/m1/s1. The van der Waals surface area contributed by atoms with E-state index in [1.54, 1.807) is 0 Å². The first-order chi connectivity index (χ1) is 8.91. The van der Waals surface area contributed by atoms with Gasteiger partial charge in [-0.3, -0.25) is 13.6 Å². The Morgan fingerprint density at radius 2 is 1.40 bits per heavy atom. The zero-order chi connectivity index (χ0) is 16.1. The summed E-state index contributed by atoms with van der Waals surface area (Å²) >= 11 is 0. The van der Waals surface area contributed by atoms with Gasteiger partial charge in [0.1, 0.15) is 0 Å². The SMILES string of the molecule is COC(=O)[C@@H](OP(=O)(OC(C)C)OC(C)C)C(F)(F)F. The fraction of sp³-hybridized carbons (Fsp3) is 0.900. The highest BCUT2D eigenvalue weighted by atomic mass is 31.2. The largest absolute Gasteiger partial charge is 0.476 e. The van der Waals surface area contributed by atoms with E-state index in [-0.39, 0.29) is 0 Å². The van der Waals surface area contributed by atoms with Crippen molar-refractivity contribution in [3.8, 4) is 0 Å². The average Bonchev–Trinajstić information content (AvgIpc) is 2.21. The molecule has 0 aromatic heterocycles. The van der Waals surface area contributed by atoms with Gasteiger partial charge >= 0.3 is 20.0 Å². The molecule has 0 saturated carbocycles. The first-order valence-electron chi connectivity index (χ1n) is 5.71. The summed E-state index contributed by atoms with van der Waals surface area (Å²) in [5.41, 5.74) is 0. The Kier molecular flexibility index (Phi) is 7.17. The molecule has 0 spiro atoms. The highest BCUT2D eigenvalue weighted by Crippen LogP contribution is 2.54. The number of hydrogen-bond acceptors (Lipinski definition) is 6. The Morgan fingerprint density at radius 3 is 1.65 bits per heavy atom. The van der Waals surface area contributed by atoms with Crippen molar-refractivity contribution in [2.24, 2.45) is 0 Å². The third-order valence-corrected chi connectivity index (χ3v) is 3.46. The zero-order valence-electron chi connectivity index (χ0n) is 11.8. The van der Waals surface area contributed by atoms with Crippen LogP contribution in [-0.4, -0.2) is 37.6 Å². The van der Waals surface area contributed by atoms with Gasteiger partial charge in [-0.25, -0.2) is 9.36 Å². The summed E-state index contributed by atoms with van der Waals surface area (Å²) in [5, 5.41) is 0. The van der Waals surface area contributed by atoms with Crippen molar-refractivity contribution in [3.63, 3.8) is 0 Å². The van der Waals surface area contributed by atoms with E-state index in [9.17, 15) is 22.5 Å². The minimum atomic E-state index is -5.11. The molecule has 0 aromatic carbocycles. The summed E-state index contributed by atoms with van der Waals surface area (Å²) in [6.07, 6.45) is -9.61. The maximum absolute atomic E-state index is 12.7. The summed E-state index contributed by atoms with van der Waals surface area (Å²) in [6, 6.07) is 0. The van der Waals surface area contributed by atoms with E-state index in [1.807, 2.05) is 0 Å². The zero-order valence-corrected chi connectivity index (χ0v) is 12.7. The first-order valence-corrected chi connectivity index (χ1v) is 7.17. The fourth-order valence-electron chi connectivity index (χ4n) is 1.06. The summed E-state index contributed by atoms with van der Waals surface area (Å²) in [5.74, 6) is -1.74. The Morgan fingerprint density at radius 1 is 1.00 bits per heavy atom. The van der Waals surface area contributed by atoms with Crippen molar-refractivity contribution in [2.45, 2.75) is 52.2 Å². The molecule has 0 aliphatic carbocycles. The van der Waals surface area contributed by atoms with Crippen LogP contribution in [0.2, 0.25) is 0 Å². The van der Waals surface area contributed by atoms with Crippen molar-refractivity contribution >= 4 is 13.8 Å². The topological polar surface area (TPSA) is 71.1 Å². The molecule has 0 bridgehead atoms. The van der Waals surface area contributed by atoms with Gasteiger partial charge in [-0.05, 0) is 27.7 Å². The lowest BCUT2D eigenvalue weighted by molar-refractivity contribution is -0.214. The lowest BCUT2D eigenvalue weighted by Crippen LogP contribution is -2.39. The number of phosphoric ester groups is 1. The van der Waals surface area contributed by atoms with Crippen LogP contribution in [0.3, 0.4) is 0 Å². The molecular formula is C10H18F3O6P. The number of methoxy groups -OCH3 is 1. The summed E-state index contributed by atoms with van der Waals surface area (Å²) in [6.45, 7) is 5.72. The van der Waals surface area contributed by atoms with Gasteiger partial charge in [-0.1, -0.05) is 0 Å². The van der Waals surface area contributed by atoms with Crippen LogP contribution < -0.4 is 0 Å². The predicted octanol–water partition coefficient (Wildman–Crippen LogP) is 3.07. The van der Waals surface area contributed by atoms with Gasteiger partial charge in [0.2, 0.25) is 0 Å². The van der Waals surface area contributed by atoms with Crippen LogP contribution in [0.4, 0.5) is 13.2 Å². The fourth-order valence-corrected chi connectivity index (χ4v) is 2.71. The van der Waals surface area contributed by atoms with Crippen LogP contribution >= 0.6 is 7.82 Å². The van der Waals surface area contributed by atoms with Gasteiger partial charge in [-0.15, -0.1) is 0 Å². The number of carbonyl (C=O) groups excluding carboxylic acids is 1. The van der Waals surface area contributed by atoms with Crippen molar-refractivity contribution in [1.29, 1.82) is 0 Å². The first kappa shape index (κ1) is 19.4. The molecule has 10 heteroatoms. The lowest BCUT2D eigenvalue weighted by atomic mass is 10.3. The second-order valence-electron chi connectivity index (χ2n) is 4.31. The van der Waals surface area contributed by atoms with Gasteiger partial charge in [0, 0.05) is 0 Å². The maximum atomic E-state index is 12.7. The minimum absolute atomic E-state index is 0.730. The van der Waals surface area contributed by atoms with Crippen LogP contribution in [0.15, 0.2) is 0 Å². The molecule has 0 saturated heterocycles. The number of carbonyl (C=O) groups is 1. The van der Waals surface area contributed by atoms with Crippen LogP contribution in [0.25, 0.3) is 0 Å². The molecule has 0 aliphatic heterocycles. The molecule has 0 rings (SSSR count). The smallest absolute Gasteiger partial charge is 0.467 e. The Labute approximate surface area is 115 Å². The number of rotatable bonds is 7. The summed E-state index contributed by atoms with van der Waals surface area (Å²) in [4.78, 5) is 11.1. The molecule has 6 nitrogen and oxygen atoms in total. The number of phosphoric acid groups is 1. The van der Waals surface area contributed by atoms with Crippen molar-refractivity contribution in [2.75, 3.05) is 7.11 Å². The van der Waals surface area contributed by atoms with Gasteiger partial charge in [0.05, 0.1) is 19.3 Å². The molecule has 120 valence electrons. The average molecular weight is 322 g/mol. The number of halogens is 3. The second kappa shape index (κ2) is 7.40. The Hall–Kier alpha value is -0.630. The van der Waals surface area contributed by atoms with E-state index in [4.69, 9.17) is 9.05 Å². The van der Waals surface area contributed by atoms with Gasteiger partial charge in [0.15, 0.2) is 0 Å². The summed E-state index contributed by atoms with van der Waals surface area (Å²) < 4.78 is 68.1. The summed E-state index contributed by atoms with van der Waals surface area (Å²) in [7, 11) is -3.82. The van der Waals surface area contributed by atoms with E-state index in [0.29, 0.717) is 0 Å². The van der Waals surface area contributed by atoms with Crippen LogP contribution in [0.5, 0.6) is 0 Å². The monoisotopic (exact) mass is 322 g/mol. The van der Waals surface area contributed by atoms with Crippen LogP contribution in [0.1, 0.15) is 27.7 Å². The van der Waals surface area contributed by atoms with Crippen molar-refractivity contribution in [3.05, 3.63) is 0 Å². The molecule has 0 aromatic rings. The number of alkyl halides is 3. The van der Waals surface area contributed by atoms with Crippen LogP contribution in [0, 0.1) is 0 Å². The minimum Gasteiger partial charge on any atom is -0.467 e. The third-order valence-electron chi connectivity index (χ3n) is 1.63. The molecular weight excluding hydrogens is 304 g/mol. The van der Waals surface area contributed by atoms with Gasteiger partial charge < -0.3 is 4.74 Å². The highest BCUT2D eigenvalue weighted by Gasteiger charge is 2.52. The quantitative estimate of drug-likeness (QED) is 0.530. The molecule has 0 aliphatic rings. The predicted molar refractivity (Wildman–Crippen MR) is 63.0 cm³/mol. The van der Waals surface area contributed by atoms with E-state index < -0.39 is 38.3 Å². The van der Waals surface area contributed by atoms with Crippen LogP contribution in [-0.2, 0) is 27.7 Å². The van der Waals surface area contributed by atoms with Crippen molar-refractivity contribution in [1.82, 2.24) is 0 Å². The van der Waals surface area contributed by atoms with Crippen molar-refractivity contribution < 1.29 is 40.8 Å². The molecule has 0 radical (unpaired) electrons. The molecule has 0 heterocycles. The second-order valence-corrected chi connectivity index (χ2v) is 5.83. The number of hydrogen-bond donors (Lipinski definition) is 0. The number of ether oxygens (including phenoxy) is 1. The number of esters is 1. The van der Waals surface area contributed by atoms with E-state index in [0.717, 1.165) is 7.11 Å². The van der Waals surface area contributed by atoms with Gasteiger partial charge in [0.25, 0.3) is 6.10 Å². The van der Waals surface area contributed by atoms with E-state index >= 15 is 0 Å². The maximum Gasteiger partial charge on any atom is 0.476 e. The lowest BCUT2D eigenvalue weighted by Gasteiger charge is -2.26.